The Hall–Kier alpha value is -3.17. The summed E-state index contributed by atoms with van der Waals surface area (Å²) in [5.74, 6) is -1.98. The average Bonchev–Trinajstić information content (AvgIpc) is 2.77. The van der Waals surface area contributed by atoms with Gasteiger partial charge in [0, 0.05) is 23.1 Å². The van der Waals surface area contributed by atoms with Crippen molar-refractivity contribution in [1.29, 1.82) is 0 Å². The van der Waals surface area contributed by atoms with Crippen LogP contribution in [0.5, 0.6) is 5.75 Å². The number of benzene rings is 2. The van der Waals surface area contributed by atoms with E-state index in [0.717, 1.165) is 24.9 Å². The van der Waals surface area contributed by atoms with Crippen molar-refractivity contribution in [2.45, 2.75) is 19.4 Å². The van der Waals surface area contributed by atoms with Gasteiger partial charge in [0.1, 0.15) is 11.4 Å². The van der Waals surface area contributed by atoms with Gasteiger partial charge in [-0.2, -0.15) is 0 Å². The van der Waals surface area contributed by atoms with Gasteiger partial charge in [-0.3, -0.25) is 9.59 Å². The normalized spacial score (nSPS) is 16.3. The number of amides is 2. The lowest BCUT2D eigenvalue weighted by Crippen LogP contribution is -2.32. The first-order valence-corrected chi connectivity index (χ1v) is 11.0. The van der Waals surface area contributed by atoms with Gasteiger partial charge in [-0.05, 0) is 83.2 Å². The number of hydrogen-bond donors (Lipinski definition) is 5. The van der Waals surface area contributed by atoms with Gasteiger partial charge in [-0.15, -0.1) is 0 Å². The zero-order chi connectivity index (χ0) is 23.1. The number of carbonyl (C=O) groups excluding carboxylic acids is 2. The number of piperidine rings is 1. The lowest BCUT2D eigenvalue weighted by atomic mass is 9.98. The Morgan fingerprint density at radius 1 is 1.16 bits per heavy atom. The molecule has 1 aliphatic heterocycles. The molecule has 2 aromatic carbocycles. The van der Waals surface area contributed by atoms with Crippen LogP contribution in [0.15, 0.2) is 58.7 Å². The summed E-state index contributed by atoms with van der Waals surface area (Å²) in [6.07, 6.45) is 3.38. The van der Waals surface area contributed by atoms with Gasteiger partial charge in [0.2, 0.25) is 0 Å². The molecular formula is C23H24BrN3O5. The number of phenols is 1. The van der Waals surface area contributed by atoms with Gasteiger partial charge in [0.05, 0.1) is 5.56 Å². The lowest BCUT2D eigenvalue weighted by Gasteiger charge is -2.20. The first-order chi connectivity index (χ1) is 15.3. The van der Waals surface area contributed by atoms with E-state index in [4.69, 9.17) is 0 Å². The quantitative estimate of drug-likeness (QED) is 0.371. The second kappa shape index (κ2) is 10.9. The molecule has 1 atom stereocenters. The fourth-order valence-corrected chi connectivity index (χ4v) is 3.96. The third kappa shape index (κ3) is 6.41. The minimum atomic E-state index is -1.21. The number of phenolic OH excluding ortho intramolecular Hbond substituents is 1. The van der Waals surface area contributed by atoms with E-state index in [1.54, 1.807) is 30.3 Å². The zero-order valence-corrected chi connectivity index (χ0v) is 18.8. The molecule has 2 aromatic rings. The molecule has 8 nitrogen and oxygen atoms in total. The van der Waals surface area contributed by atoms with E-state index in [1.165, 1.54) is 18.2 Å². The molecule has 0 radical (unpaired) electrons. The highest BCUT2D eigenvalue weighted by Crippen LogP contribution is 2.20. The standard InChI is InChI=1S/C23H24BrN3O5/c24-19-11-16(21(29)26-13-14-3-1-5-17(28)9-14)6-7-18(19)22(30)27-20(23(31)32)10-15-4-2-8-25-12-15/h1,3,5-7,9-11,15,25,28H,2,4,8,12-13H2,(H,26,29)(H,27,30)(H,31,32)/b20-10+. The van der Waals surface area contributed by atoms with Crippen molar-refractivity contribution in [2.75, 3.05) is 13.1 Å². The van der Waals surface area contributed by atoms with Crippen molar-refractivity contribution in [3.63, 3.8) is 0 Å². The molecule has 0 aliphatic carbocycles. The molecule has 9 heteroatoms. The Balaban J connectivity index is 1.66. The van der Waals surface area contributed by atoms with Crippen LogP contribution in [0.25, 0.3) is 0 Å². The first-order valence-electron chi connectivity index (χ1n) is 10.2. The molecular weight excluding hydrogens is 478 g/mol. The van der Waals surface area contributed by atoms with Crippen LogP contribution in [0.1, 0.15) is 39.1 Å². The van der Waals surface area contributed by atoms with Crippen molar-refractivity contribution < 1.29 is 24.6 Å². The number of aliphatic carboxylic acids is 1. The SMILES string of the molecule is O=C(O)/C(=C\C1CCCNC1)NC(=O)c1ccc(C(=O)NCc2cccc(O)c2)cc1Br. The fraction of sp³-hybridized carbons (Fsp3) is 0.261. The summed E-state index contributed by atoms with van der Waals surface area (Å²) in [6.45, 7) is 1.80. The Morgan fingerprint density at radius 3 is 2.62 bits per heavy atom. The molecule has 1 aliphatic rings. The Labute approximate surface area is 193 Å². The van der Waals surface area contributed by atoms with Crippen molar-refractivity contribution in [1.82, 2.24) is 16.0 Å². The monoisotopic (exact) mass is 501 g/mol. The second-order valence-corrected chi connectivity index (χ2v) is 8.35. The molecule has 5 N–H and O–H groups in total. The van der Waals surface area contributed by atoms with Gasteiger partial charge in [-0.1, -0.05) is 12.1 Å². The third-order valence-corrected chi connectivity index (χ3v) is 5.71. The molecule has 0 aromatic heterocycles. The molecule has 1 fully saturated rings. The van der Waals surface area contributed by atoms with Crippen molar-refractivity contribution in [3.8, 4) is 5.75 Å². The third-order valence-electron chi connectivity index (χ3n) is 5.06. The van der Waals surface area contributed by atoms with Gasteiger partial charge in [-0.25, -0.2) is 4.79 Å². The molecule has 3 rings (SSSR count). The highest BCUT2D eigenvalue weighted by molar-refractivity contribution is 9.10. The van der Waals surface area contributed by atoms with E-state index < -0.39 is 11.9 Å². The number of hydrogen-bond acceptors (Lipinski definition) is 5. The maximum atomic E-state index is 12.7. The van der Waals surface area contributed by atoms with Crippen LogP contribution in [0.3, 0.4) is 0 Å². The van der Waals surface area contributed by atoms with Crippen molar-refractivity contribution in [3.05, 3.63) is 75.4 Å². The summed E-state index contributed by atoms with van der Waals surface area (Å²) in [7, 11) is 0. The molecule has 1 heterocycles. The largest absolute Gasteiger partial charge is 0.508 e. The highest BCUT2D eigenvalue weighted by Gasteiger charge is 2.19. The number of rotatable bonds is 7. The van der Waals surface area contributed by atoms with Crippen LogP contribution >= 0.6 is 15.9 Å². The summed E-state index contributed by atoms with van der Waals surface area (Å²) >= 11 is 3.30. The molecule has 2 amide bonds. The molecule has 168 valence electrons. The number of carboxylic acid groups (broad SMARTS) is 1. The second-order valence-electron chi connectivity index (χ2n) is 7.49. The van der Waals surface area contributed by atoms with E-state index in [9.17, 15) is 24.6 Å². The smallest absolute Gasteiger partial charge is 0.352 e. The van der Waals surface area contributed by atoms with Crippen LogP contribution in [0.2, 0.25) is 0 Å². The topological polar surface area (TPSA) is 128 Å². The predicted molar refractivity (Wildman–Crippen MR) is 122 cm³/mol. The molecule has 1 saturated heterocycles. The van der Waals surface area contributed by atoms with E-state index >= 15 is 0 Å². The van der Waals surface area contributed by atoms with Gasteiger partial charge in [0.25, 0.3) is 11.8 Å². The highest BCUT2D eigenvalue weighted by atomic mass is 79.9. The maximum absolute atomic E-state index is 12.7. The van der Waals surface area contributed by atoms with Gasteiger partial charge < -0.3 is 26.2 Å². The summed E-state index contributed by atoms with van der Waals surface area (Å²) in [5, 5.41) is 27.4. The summed E-state index contributed by atoms with van der Waals surface area (Å²) in [4.78, 5) is 36.7. The summed E-state index contributed by atoms with van der Waals surface area (Å²) in [6, 6.07) is 11.0. The first kappa shape index (κ1) is 23.5. The number of nitrogens with one attached hydrogen (secondary N) is 3. The predicted octanol–water partition coefficient (Wildman–Crippen LogP) is 2.78. The van der Waals surface area contributed by atoms with Gasteiger partial charge >= 0.3 is 5.97 Å². The summed E-state index contributed by atoms with van der Waals surface area (Å²) in [5.41, 5.74) is 1.12. The molecule has 32 heavy (non-hydrogen) atoms. The van der Waals surface area contributed by atoms with Crippen LogP contribution in [0.4, 0.5) is 0 Å². The van der Waals surface area contributed by atoms with Crippen LogP contribution in [0, 0.1) is 5.92 Å². The van der Waals surface area contributed by atoms with E-state index in [1.807, 2.05) is 0 Å². The number of carbonyl (C=O) groups is 3. The minimum Gasteiger partial charge on any atom is -0.508 e. The maximum Gasteiger partial charge on any atom is 0.352 e. The molecule has 0 spiro atoms. The number of carboxylic acids is 1. The van der Waals surface area contributed by atoms with Gasteiger partial charge in [0.15, 0.2) is 0 Å². The Morgan fingerprint density at radius 2 is 1.97 bits per heavy atom. The Bertz CT molecular complexity index is 1050. The fourth-order valence-electron chi connectivity index (χ4n) is 3.40. The molecule has 0 saturated carbocycles. The zero-order valence-electron chi connectivity index (χ0n) is 17.2. The number of aromatic hydroxyl groups is 1. The Kier molecular flexibility index (Phi) is 8.02. The van der Waals surface area contributed by atoms with E-state index in [-0.39, 0.29) is 35.4 Å². The lowest BCUT2D eigenvalue weighted by molar-refractivity contribution is -0.133. The molecule has 0 bridgehead atoms. The van der Waals surface area contributed by atoms with Crippen LogP contribution < -0.4 is 16.0 Å². The summed E-state index contributed by atoms with van der Waals surface area (Å²) < 4.78 is 0.365. The van der Waals surface area contributed by atoms with E-state index in [0.29, 0.717) is 16.6 Å². The minimum absolute atomic E-state index is 0.0381. The van der Waals surface area contributed by atoms with E-state index in [2.05, 4.69) is 31.9 Å². The number of halogens is 1. The van der Waals surface area contributed by atoms with Crippen molar-refractivity contribution in [2.24, 2.45) is 5.92 Å². The van der Waals surface area contributed by atoms with Crippen LogP contribution in [-0.4, -0.2) is 41.1 Å². The van der Waals surface area contributed by atoms with Crippen LogP contribution in [-0.2, 0) is 11.3 Å². The van der Waals surface area contributed by atoms with Crippen molar-refractivity contribution >= 4 is 33.7 Å². The molecule has 1 unspecified atom stereocenters. The average molecular weight is 502 g/mol.